The number of halogens is 1. The van der Waals surface area contributed by atoms with E-state index < -0.39 is 5.25 Å². The van der Waals surface area contributed by atoms with E-state index in [1.165, 1.54) is 23.9 Å². The Hall–Kier alpha value is -3.25. The van der Waals surface area contributed by atoms with Gasteiger partial charge in [-0.3, -0.25) is 4.79 Å². The molecule has 0 aliphatic rings. The van der Waals surface area contributed by atoms with Gasteiger partial charge in [0, 0.05) is 11.1 Å². The lowest BCUT2D eigenvalue weighted by Crippen LogP contribution is -2.10. The molecule has 6 heteroatoms. The molecule has 0 spiro atoms. The number of carbonyl (C=O) groups excluding carboxylic acids is 1. The van der Waals surface area contributed by atoms with Gasteiger partial charge in [0.05, 0.1) is 0 Å². The maximum Gasteiger partial charge on any atom is 0.277 e. The van der Waals surface area contributed by atoms with Crippen molar-refractivity contribution >= 4 is 17.5 Å². The van der Waals surface area contributed by atoms with Gasteiger partial charge in [0.25, 0.3) is 5.22 Å². The maximum absolute atomic E-state index is 13.1. The van der Waals surface area contributed by atoms with Crippen molar-refractivity contribution < 1.29 is 13.6 Å². The molecule has 0 saturated carbocycles. The molecule has 0 saturated heterocycles. The Morgan fingerprint density at radius 2 is 1.50 bits per heavy atom. The third-order valence-electron chi connectivity index (χ3n) is 4.12. The summed E-state index contributed by atoms with van der Waals surface area (Å²) in [6, 6.07) is 24.4. The van der Waals surface area contributed by atoms with Gasteiger partial charge in [-0.2, -0.15) is 0 Å². The van der Waals surface area contributed by atoms with Gasteiger partial charge >= 0.3 is 0 Å². The van der Waals surface area contributed by atoms with E-state index in [1.54, 1.807) is 24.3 Å². The molecule has 28 heavy (non-hydrogen) atoms. The zero-order chi connectivity index (χ0) is 19.3. The third kappa shape index (κ3) is 4.02. The number of thioether (sulfide) groups is 1. The predicted octanol–water partition coefficient (Wildman–Crippen LogP) is 5.59. The molecule has 3 aromatic carbocycles. The molecule has 1 unspecified atom stereocenters. The van der Waals surface area contributed by atoms with Crippen LogP contribution in [0.5, 0.6) is 0 Å². The number of carbonyl (C=O) groups is 1. The van der Waals surface area contributed by atoms with Crippen LogP contribution in [0.4, 0.5) is 4.39 Å². The van der Waals surface area contributed by atoms with E-state index in [9.17, 15) is 9.18 Å². The van der Waals surface area contributed by atoms with Crippen LogP contribution in [-0.2, 0) is 0 Å². The molecule has 4 rings (SSSR count). The number of nitrogens with zero attached hydrogens (tertiary/aromatic N) is 2. The number of Topliss-reactive ketones (excluding diaryl/α,β-unsaturated/α-hetero) is 1. The number of rotatable bonds is 6. The van der Waals surface area contributed by atoms with Crippen LogP contribution in [0.25, 0.3) is 11.5 Å². The quantitative estimate of drug-likeness (QED) is 0.317. The van der Waals surface area contributed by atoms with Crippen molar-refractivity contribution in [3.05, 3.63) is 102 Å². The lowest BCUT2D eigenvalue weighted by molar-refractivity contribution is 0.0989. The van der Waals surface area contributed by atoms with Crippen LogP contribution in [-0.4, -0.2) is 16.0 Å². The highest BCUT2D eigenvalue weighted by Crippen LogP contribution is 2.38. The van der Waals surface area contributed by atoms with E-state index in [-0.39, 0.29) is 22.7 Å². The topological polar surface area (TPSA) is 56.0 Å². The lowest BCUT2D eigenvalue weighted by Gasteiger charge is -2.14. The minimum Gasteiger partial charge on any atom is -0.411 e. The van der Waals surface area contributed by atoms with Crippen molar-refractivity contribution in [3.8, 4) is 11.5 Å². The van der Waals surface area contributed by atoms with E-state index in [1.807, 2.05) is 48.5 Å². The fraction of sp³-hybridized carbons (Fsp3) is 0.0455. The standard InChI is InChI=1S/C22H15FN2O2S/c23-18-13-11-17(12-14-18)21-24-25-22(27-21)28-20(16-9-5-2-6-10-16)19(26)15-7-3-1-4-8-15/h1-14,20H. The van der Waals surface area contributed by atoms with Gasteiger partial charge in [0.1, 0.15) is 11.1 Å². The molecule has 1 aromatic heterocycles. The van der Waals surface area contributed by atoms with Crippen molar-refractivity contribution in [2.75, 3.05) is 0 Å². The van der Waals surface area contributed by atoms with Crippen LogP contribution >= 0.6 is 11.8 Å². The van der Waals surface area contributed by atoms with Crippen molar-refractivity contribution in [1.29, 1.82) is 0 Å². The van der Waals surface area contributed by atoms with Crippen molar-refractivity contribution in [2.45, 2.75) is 10.5 Å². The molecule has 0 bridgehead atoms. The van der Waals surface area contributed by atoms with E-state index in [4.69, 9.17) is 4.42 Å². The van der Waals surface area contributed by atoms with Crippen LogP contribution < -0.4 is 0 Å². The normalized spacial score (nSPS) is 11.9. The average molecular weight is 390 g/mol. The van der Waals surface area contributed by atoms with Gasteiger partial charge in [0.15, 0.2) is 5.78 Å². The number of hydrogen-bond donors (Lipinski definition) is 0. The average Bonchev–Trinajstić information content (AvgIpc) is 3.22. The fourth-order valence-electron chi connectivity index (χ4n) is 2.72. The second-order valence-corrected chi connectivity index (χ2v) is 7.08. The summed E-state index contributed by atoms with van der Waals surface area (Å²) in [7, 11) is 0. The van der Waals surface area contributed by atoms with Gasteiger partial charge < -0.3 is 4.42 Å². The third-order valence-corrected chi connectivity index (χ3v) is 5.20. The first kappa shape index (κ1) is 18.1. The summed E-state index contributed by atoms with van der Waals surface area (Å²) in [5.41, 5.74) is 2.08. The minimum absolute atomic E-state index is 0.0432. The summed E-state index contributed by atoms with van der Waals surface area (Å²) in [5, 5.41) is 7.83. The zero-order valence-electron chi connectivity index (χ0n) is 14.7. The molecule has 0 radical (unpaired) electrons. The second-order valence-electron chi connectivity index (χ2n) is 6.02. The smallest absolute Gasteiger partial charge is 0.277 e. The number of ketones is 1. The van der Waals surface area contributed by atoms with E-state index in [2.05, 4.69) is 10.2 Å². The van der Waals surface area contributed by atoms with Crippen LogP contribution in [0.1, 0.15) is 21.2 Å². The minimum atomic E-state index is -0.523. The molecule has 1 heterocycles. The summed E-state index contributed by atoms with van der Waals surface area (Å²) in [6.45, 7) is 0. The predicted molar refractivity (Wildman–Crippen MR) is 106 cm³/mol. The van der Waals surface area contributed by atoms with Gasteiger partial charge in [-0.25, -0.2) is 4.39 Å². The monoisotopic (exact) mass is 390 g/mol. The van der Waals surface area contributed by atoms with Gasteiger partial charge in [-0.05, 0) is 41.6 Å². The molecular formula is C22H15FN2O2S. The van der Waals surface area contributed by atoms with Crippen molar-refractivity contribution in [1.82, 2.24) is 10.2 Å². The molecule has 0 aliphatic carbocycles. The summed E-state index contributed by atoms with van der Waals surface area (Å²) >= 11 is 1.20. The highest BCUT2D eigenvalue weighted by atomic mass is 32.2. The Labute approximate surface area is 165 Å². The Morgan fingerprint density at radius 1 is 0.857 bits per heavy atom. The Bertz CT molecular complexity index is 1070. The van der Waals surface area contributed by atoms with Crippen LogP contribution in [0.2, 0.25) is 0 Å². The van der Waals surface area contributed by atoms with Gasteiger partial charge in [0.2, 0.25) is 5.89 Å². The lowest BCUT2D eigenvalue weighted by atomic mass is 10.0. The fourth-order valence-corrected chi connectivity index (χ4v) is 3.67. The molecule has 4 aromatic rings. The molecular weight excluding hydrogens is 375 g/mol. The Balaban J connectivity index is 1.63. The largest absolute Gasteiger partial charge is 0.411 e. The SMILES string of the molecule is O=C(c1ccccc1)C(Sc1nnc(-c2ccc(F)cc2)o1)c1ccccc1. The highest BCUT2D eigenvalue weighted by Gasteiger charge is 2.26. The number of benzene rings is 3. The second kappa shape index (κ2) is 8.19. The van der Waals surface area contributed by atoms with Crippen LogP contribution in [0.3, 0.4) is 0 Å². The first-order valence-electron chi connectivity index (χ1n) is 8.61. The summed E-state index contributed by atoms with van der Waals surface area (Å²) in [4.78, 5) is 13.1. The Kier molecular flexibility index (Phi) is 5.30. The summed E-state index contributed by atoms with van der Waals surface area (Å²) in [6.07, 6.45) is 0. The first-order valence-corrected chi connectivity index (χ1v) is 9.49. The van der Waals surface area contributed by atoms with Crippen LogP contribution in [0, 0.1) is 5.82 Å². The summed E-state index contributed by atoms with van der Waals surface area (Å²) < 4.78 is 18.8. The number of hydrogen-bond acceptors (Lipinski definition) is 5. The van der Waals surface area contributed by atoms with E-state index >= 15 is 0 Å². The number of aromatic nitrogens is 2. The Morgan fingerprint density at radius 3 is 2.18 bits per heavy atom. The van der Waals surface area contributed by atoms with E-state index in [0.717, 1.165) is 5.56 Å². The maximum atomic E-state index is 13.1. The highest BCUT2D eigenvalue weighted by molar-refractivity contribution is 8.00. The molecule has 1 atom stereocenters. The molecule has 0 amide bonds. The zero-order valence-corrected chi connectivity index (χ0v) is 15.5. The van der Waals surface area contributed by atoms with Crippen molar-refractivity contribution in [3.63, 3.8) is 0 Å². The first-order chi connectivity index (χ1) is 13.7. The van der Waals surface area contributed by atoms with Crippen LogP contribution in [0.15, 0.2) is 94.6 Å². The van der Waals surface area contributed by atoms with Gasteiger partial charge in [-0.1, -0.05) is 60.7 Å². The molecule has 138 valence electrons. The molecule has 0 N–H and O–H groups in total. The molecule has 4 nitrogen and oxygen atoms in total. The summed E-state index contributed by atoms with van der Waals surface area (Å²) in [5.74, 6) is -0.102. The molecule has 0 aliphatic heterocycles. The molecule has 0 fully saturated rings. The van der Waals surface area contributed by atoms with E-state index in [0.29, 0.717) is 11.1 Å². The van der Waals surface area contributed by atoms with Crippen molar-refractivity contribution in [2.24, 2.45) is 0 Å². The van der Waals surface area contributed by atoms with Gasteiger partial charge in [-0.15, -0.1) is 10.2 Å².